The molecule has 0 fully saturated rings. The molecule has 170 valence electrons. The van der Waals surface area contributed by atoms with Crippen molar-refractivity contribution in [2.45, 2.75) is 123 Å². The van der Waals surface area contributed by atoms with Crippen LogP contribution >= 0.6 is 0 Å². The van der Waals surface area contributed by atoms with Gasteiger partial charge in [0.2, 0.25) is 0 Å². The van der Waals surface area contributed by atoms with Crippen LogP contribution in [0.3, 0.4) is 0 Å². The third-order valence-corrected chi connectivity index (χ3v) is 6.51. The molecule has 2 nitrogen and oxygen atoms in total. The third-order valence-electron chi connectivity index (χ3n) is 6.51. The Balaban J connectivity index is 1.73. The summed E-state index contributed by atoms with van der Waals surface area (Å²) in [5.41, 5.74) is 1.33. The van der Waals surface area contributed by atoms with E-state index in [1.54, 1.807) is 0 Å². The average Bonchev–Trinajstić information content (AvgIpc) is 3.18. The summed E-state index contributed by atoms with van der Waals surface area (Å²) in [6.07, 6.45) is 27.3. The minimum Gasteiger partial charge on any atom is -0.356 e. The van der Waals surface area contributed by atoms with Crippen LogP contribution in [0.1, 0.15) is 117 Å². The normalized spacial score (nSPS) is 16.0. The summed E-state index contributed by atoms with van der Waals surface area (Å²) in [7, 11) is 0. The van der Waals surface area contributed by atoms with Crippen molar-refractivity contribution in [3.8, 4) is 0 Å². The summed E-state index contributed by atoms with van der Waals surface area (Å²) >= 11 is 0. The van der Waals surface area contributed by atoms with Gasteiger partial charge in [-0.15, -0.1) is 0 Å². The summed E-state index contributed by atoms with van der Waals surface area (Å²) in [4.78, 5) is 5.11. The van der Waals surface area contributed by atoms with Crippen LogP contribution in [0, 0.1) is 0 Å². The molecule has 1 aromatic carbocycles. The molecular weight excluding hydrogens is 364 g/mol. The second kappa shape index (κ2) is 16.3. The molecule has 0 saturated carbocycles. The van der Waals surface area contributed by atoms with Crippen LogP contribution in [0.4, 0.5) is 5.69 Å². The Morgan fingerprint density at radius 3 is 1.73 bits per heavy atom. The van der Waals surface area contributed by atoms with Crippen molar-refractivity contribution in [2.24, 2.45) is 0 Å². The zero-order valence-electron chi connectivity index (χ0n) is 20.0. The summed E-state index contributed by atoms with van der Waals surface area (Å²) in [6.45, 7) is 5.80. The Kier molecular flexibility index (Phi) is 13.5. The first-order valence-corrected chi connectivity index (χ1v) is 13.1. The van der Waals surface area contributed by atoms with E-state index < -0.39 is 0 Å². The molecule has 1 atom stereocenters. The van der Waals surface area contributed by atoms with E-state index >= 15 is 0 Å². The van der Waals surface area contributed by atoms with Gasteiger partial charge < -0.3 is 9.80 Å². The quantitative estimate of drug-likeness (QED) is 0.222. The van der Waals surface area contributed by atoms with Crippen LogP contribution in [-0.2, 0) is 0 Å². The number of anilines is 1. The maximum Gasteiger partial charge on any atom is 0.105 e. The number of benzene rings is 1. The first kappa shape index (κ1) is 24.8. The van der Waals surface area contributed by atoms with Crippen molar-refractivity contribution in [3.05, 3.63) is 42.7 Å². The van der Waals surface area contributed by atoms with Crippen molar-refractivity contribution in [2.75, 3.05) is 11.4 Å². The highest BCUT2D eigenvalue weighted by Crippen LogP contribution is 2.28. The predicted octanol–water partition coefficient (Wildman–Crippen LogP) is 8.89. The lowest BCUT2D eigenvalue weighted by molar-refractivity contribution is 0.273. The van der Waals surface area contributed by atoms with Gasteiger partial charge in [-0.1, -0.05) is 116 Å². The molecule has 0 spiro atoms. The average molecular weight is 413 g/mol. The summed E-state index contributed by atoms with van der Waals surface area (Å²) in [5.74, 6) is 0. The van der Waals surface area contributed by atoms with E-state index in [4.69, 9.17) is 0 Å². The van der Waals surface area contributed by atoms with Gasteiger partial charge in [0.1, 0.15) is 6.17 Å². The maximum atomic E-state index is 2.61. The van der Waals surface area contributed by atoms with Crippen LogP contribution in [0.15, 0.2) is 42.7 Å². The lowest BCUT2D eigenvalue weighted by Gasteiger charge is -2.33. The van der Waals surface area contributed by atoms with Crippen molar-refractivity contribution in [3.63, 3.8) is 0 Å². The van der Waals surface area contributed by atoms with Gasteiger partial charge in [0.25, 0.3) is 0 Å². The standard InChI is InChI=1S/C28H48N2/c1-3-5-7-9-11-13-15-20-24-29-25-26-30(27-21-17-16-18-22-27)28(29)23-19-14-12-10-8-6-4-2/h16-18,21-22,25-26,28H,3-15,19-20,23-24H2,1-2H3. The second-order valence-corrected chi connectivity index (χ2v) is 9.14. The SMILES string of the molecule is CCCCCCCCCCN1C=CN(c2ccccc2)C1CCCCCCCCC. The molecule has 1 aliphatic rings. The molecule has 2 rings (SSSR count). The smallest absolute Gasteiger partial charge is 0.105 e. The molecular formula is C28H48N2. The fraction of sp³-hybridized carbons (Fsp3) is 0.714. The first-order chi connectivity index (χ1) is 14.9. The highest BCUT2D eigenvalue weighted by Gasteiger charge is 2.26. The molecule has 1 unspecified atom stereocenters. The van der Waals surface area contributed by atoms with Gasteiger partial charge in [0.15, 0.2) is 0 Å². The van der Waals surface area contributed by atoms with Gasteiger partial charge in [0.05, 0.1) is 0 Å². The topological polar surface area (TPSA) is 6.48 Å². The van der Waals surface area contributed by atoms with Crippen LogP contribution in [0.25, 0.3) is 0 Å². The lowest BCUT2D eigenvalue weighted by Crippen LogP contribution is -2.39. The van der Waals surface area contributed by atoms with Crippen molar-refractivity contribution < 1.29 is 0 Å². The molecule has 1 aliphatic heterocycles. The summed E-state index contributed by atoms with van der Waals surface area (Å²) < 4.78 is 0. The molecule has 2 heteroatoms. The Bertz CT molecular complexity index is 539. The minimum absolute atomic E-state index is 0.507. The van der Waals surface area contributed by atoms with Gasteiger partial charge in [-0.2, -0.15) is 0 Å². The Labute approximate surface area is 187 Å². The van der Waals surface area contributed by atoms with Crippen molar-refractivity contribution in [1.29, 1.82) is 0 Å². The van der Waals surface area contributed by atoms with E-state index in [0.29, 0.717) is 6.17 Å². The zero-order chi connectivity index (χ0) is 21.3. The Morgan fingerprint density at radius 2 is 1.13 bits per heavy atom. The zero-order valence-corrected chi connectivity index (χ0v) is 20.0. The number of rotatable bonds is 18. The van der Waals surface area contributed by atoms with Gasteiger partial charge >= 0.3 is 0 Å². The van der Waals surface area contributed by atoms with E-state index in [0.717, 1.165) is 0 Å². The van der Waals surface area contributed by atoms with Crippen LogP contribution in [0.5, 0.6) is 0 Å². The molecule has 0 N–H and O–H groups in total. The molecule has 0 aliphatic carbocycles. The van der Waals surface area contributed by atoms with E-state index in [2.05, 4.69) is 66.4 Å². The molecule has 0 bridgehead atoms. The minimum atomic E-state index is 0.507. The van der Waals surface area contributed by atoms with Gasteiger partial charge in [-0.05, 0) is 31.4 Å². The number of nitrogens with zero attached hydrogens (tertiary/aromatic N) is 2. The lowest BCUT2D eigenvalue weighted by atomic mass is 10.1. The number of hydrogen-bond acceptors (Lipinski definition) is 2. The fourth-order valence-corrected chi connectivity index (χ4v) is 4.61. The monoisotopic (exact) mass is 412 g/mol. The Hall–Kier alpha value is -1.44. The highest BCUT2D eigenvalue weighted by molar-refractivity contribution is 5.51. The fourth-order valence-electron chi connectivity index (χ4n) is 4.61. The molecule has 1 heterocycles. The van der Waals surface area contributed by atoms with E-state index in [9.17, 15) is 0 Å². The largest absolute Gasteiger partial charge is 0.356 e. The maximum absolute atomic E-state index is 2.61. The molecule has 0 aromatic heterocycles. The summed E-state index contributed by atoms with van der Waals surface area (Å²) in [6, 6.07) is 10.9. The molecule has 30 heavy (non-hydrogen) atoms. The van der Waals surface area contributed by atoms with E-state index in [1.165, 1.54) is 115 Å². The van der Waals surface area contributed by atoms with E-state index in [1.807, 2.05) is 0 Å². The first-order valence-electron chi connectivity index (χ1n) is 13.1. The number of para-hydroxylation sites is 1. The molecule has 0 amide bonds. The van der Waals surface area contributed by atoms with Gasteiger partial charge in [0, 0.05) is 24.6 Å². The van der Waals surface area contributed by atoms with Crippen LogP contribution < -0.4 is 4.90 Å². The van der Waals surface area contributed by atoms with Crippen LogP contribution in [-0.4, -0.2) is 17.6 Å². The highest BCUT2D eigenvalue weighted by atomic mass is 15.4. The number of unbranched alkanes of at least 4 members (excludes halogenated alkanes) is 13. The number of hydrogen-bond donors (Lipinski definition) is 0. The van der Waals surface area contributed by atoms with E-state index in [-0.39, 0.29) is 0 Å². The van der Waals surface area contributed by atoms with Gasteiger partial charge in [-0.25, -0.2) is 0 Å². The molecule has 0 saturated heterocycles. The van der Waals surface area contributed by atoms with Crippen molar-refractivity contribution >= 4 is 5.69 Å². The summed E-state index contributed by atoms with van der Waals surface area (Å²) in [5, 5.41) is 0. The van der Waals surface area contributed by atoms with Gasteiger partial charge in [-0.3, -0.25) is 0 Å². The van der Waals surface area contributed by atoms with Crippen LogP contribution in [0.2, 0.25) is 0 Å². The Morgan fingerprint density at radius 1 is 0.600 bits per heavy atom. The second-order valence-electron chi connectivity index (χ2n) is 9.14. The molecule has 1 aromatic rings. The predicted molar refractivity (Wildman–Crippen MR) is 134 cm³/mol. The third kappa shape index (κ3) is 9.58. The van der Waals surface area contributed by atoms with Crippen molar-refractivity contribution in [1.82, 2.24) is 4.90 Å². The molecule has 0 radical (unpaired) electrons.